The normalized spacial score (nSPS) is 10.4. The van der Waals surface area contributed by atoms with Crippen molar-refractivity contribution in [2.45, 2.75) is 6.61 Å². The van der Waals surface area contributed by atoms with Gasteiger partial charge >= 0.3 is 0 Å². The van der Waals surface area contributed by atoms with Gasteiger partial charge in [-0.25, -0.2) is 0 Å². The summed E-state index contributed by atoms with van der Waals surface area (Å²) in [7, 11) is 1.81. The van der Waals surface area contributed by atoms with Crippen molar-refractivity contribution >= 4 is 21.6 Å². The number of ether oxygens (including phenoxy) is 1. The van der Waals surface area contributed by atoms with Gasteiger partial charge in [-0.3, -0.25) is 4.68 Å². The van der Waals surface area contributed by atoms with Crippen molar-refractivity contribution in [3.8, 4) is 5.88 Å². The van der Waals surface area contributed by atoms with E-state index in [1.54, 1.807) is 10.9 Å². The van der Waals surface area contributed by atoms with Crippen LogP contribution in [-0.2, 0) is 13.7 Å². The lowest BCUT2D eigenvalue weighted by atomic mass is 10.2. The molecule has 0 atom stereocenters. The molecule has 0 fully saturated rings. The van der Waals surface area contributed by atoms with Crippen molar-refractivity contribution in [3.63, 3.8) is 0 Å². The number of hydrogen-bond donors (Lipinski definition) is 1. The van der Waals surface area contributed by atoms with E-state index in [4.69, 9.17) is 10.5 Å². The Morgan fingerprint density at radius 2 is 2.19 bits per heavy atom. The Morgan fingerprint density at radius 3 is 2.81 bits per heavy atom. The van der Waals surface area contributed by atoms with Crippen molar-refractivity contribution in [1.29, 1.82) is 0 Å². The highest BCUT2D eigenvalue weighted by Gasteiger charge is 2.06. The van der Waals surface area contributed by atoms with Crippen LogP contribution in [0.2, 0.25) is 0 Å². The number of halogens is 1. The van der Waals surface area contributed by atoms with Gasteiger partial charge in [-0.2, -0.15) is 0 Å². The van der Waals surface area contributed by atoms with Crippen molar-refractivity contribution in [3.05, 3.63) is 40.5 Å². The van der Waals surface area contributed by atoms with Gasteiger partial charge in [-0.15, -0.1) is 5.10 Å². The molecule has 0 unspecified atom stereocenters. The zero-order chi connectivity index (χ0) is 11.5. The Bertz CT molecular complexity index is 496. The topological polar surface area (TPSA) is 53.1 Å². The SMILES string of the molecule is Cn1cc(N)c(OCc2ccccc2Br)n1. The summed E-state index contributed by atoms with van der Waals surface area (Å²) < 4.78 is 8.19. The van der Waals surface area contributed by atoms with Crippen molar-refractivity contribution in [2.24, 2.45) is 7.05 Å². The fourth-order valence-corrected chi connectivity index (χ4v) is 1.76. The van der Waals surface area contributed by atoms with E-state index in [0.717, 1.165) is 10.0 Å². The molecule has 0 aliphatic rings. The van der Waals surface area contributed by atoms with Crippen LogP contribution in [0.25, 0.3) is 0 Å². The lowest BCUT2D eigenvalue weighted by molar-refractivity contribution is 0.291. The minimum absolute atomic E-state index is 0.447. The number of rotatable bonds is 3. The van der Waals surface area contributed by atoms with Crippen LogP contribution in [0, 0.1) is 0 Å². The lowest BCUT2D eigenvalue weighted by Gasteiger charge is -2.05. The Balaban J connectivity index is 2.08. The molecular weight excluding hydrogens is 270 g/mol. The lowest BCUT2D eigenvalue weighted by Crippen LogP contribution is -1.99. The molecule has 0 aliphatic heterocycles. The fraction of sp³-hybridized carbons (Fsp3) is 0.182. The van der Waals surface area contributed by atoms with E-state index in [2.05, 4.69) is 21.0 Å². The number of nitrogens with two attached hydrogens (primary N) is 1. The van der Waals surface area contributed by atoms with Gasteiger partial charge in [0.25, 0.3) is 5.88 Å². The largest absolute Gasteiger partial charge is 0.470 e. The van der Waals surface area contributed by atoms with Gasteiger partial charge < -0.3 is 10.5 Å². The molecule has 0 saturated carbocycles. The first kappa shape index (κ1) is 11.0. The molecule has 1 aromatic carbocycles. The van der Waals surface area contributed by atoms with Crippen LogP contribution >= 0.6 is 15.9 Å². The zero-order valence-corrected chi connectivity index (χ0v) is 10.4. The van der Waals surface area contributed by atoms with E-state index < -0.39 is 0 Å². The van der Waals surface area contributed by atoms with Crippen molar-refractivity contribution < 1.29 is 4.74 Å². The van der Waals surface area contributed by atoms with Crippen LogP contribution in [0.5, 0.6) is 5.88 Å². The summed E-state index contributed by atoms with van der Waals surface area (Å²) in [5.41, 5.74) is 7.34. The van der Waals surface area contributed by atoms with Crippen LogP contribution in [0.3, 0.4) is 0 Å². The quantitative estimate of drug-likeness (QED) is 0.940. The number of benzene rings is 1. The van der Waals surface area contributed by atoms with Crippen molar-refractivity contribution in [1.82, 2.24) is 9.78 Å². The first-order valence-corrected chi connectivity index (χ1v) is 5.61. The number of nitrogen functional groups attached to an aromatic ring is 1. The Kier molecular flexibility index (Phi) is 3.14. The highest BCUT2D eigenvalue weighted by atomic mass is 79.9. The molecule has 1 aromatic heterocycles. The summed E-state index contributed by atoms with van der Waals surface area (Å²) in [5.74, 6) is 0.471. The van der Waals surface area contributed by atoms with E-state index in [9.17, 15) is 0 Å². The highest BCUT2D eigenvalue weighted by molar-refractivity contribution is 9.10. The third-order valence-electron chi connectivity index (χ3n) is 2.14. The van der Waals surface area contributed by atoms with Gasteiger partial charge in [0.2, 0.25) is 0 Å². The Labute approximate surface area is 102 Å². The van der Waals surface area contributed by atoms with E-state index in [0.29, 0.717) is 18.2 Å². The zero-order valence-electron chi connectivity index (χ0n) is 8.85. The second kappa shape index (κ2) is 4.57. The minimum atomic E-state index is 0.447. The third kappa shape index (κ3) is 2.36. The maximum atomic E-state index is 5.72. The van der Waals surface area contributed by atoms with Gasteiger partial charge in [0.1, 0.15) is 12.3 Å². The monoisotopic (exact) mass is 281 g/mol. The molecule has 0 radical (unpaired) electrons. The number of anilines is 1. The number of hydrogen-bond acceptors (Lipinski definition) is 3. The third-order valence-corrected chi connectivity index (χ3v) is 2.92. The van der Waals surface area contributed by atoms with Gasteiger partial charge in [-0.05, 0) is 6.07 Å². The molecule has 16 heavy (non-hydrogen) atoms. The average Bonchev–Trinajstić information content (AvgIpc) is 2.56. The standard InChI is InChI=1S/C11H12BrN3O/c1-15-6-10(13)11(14-15)16-7-8-4-2-3-5-9(8)12/h2-6H,7,13H2,1H3. The number of nitrogens with zero attached hydrogens (tertiary/aromatic N) is 2. The van der Waals surface area contributed by atoms with Gasteiger partial charge in [0.05, 0.1) is 6.20 Å². The predicted molar refractivity (Wildman–Crippen MR) is 66.1 cm³/mol. The predicted octanol–water partition coefficient (Wildman–Crippen LogP) is 2.34. The summed E-state index contributed by atoms with van der Waals surface area (Å²) >= 11 is 3.46. The summed E-state index contributed by atoms with van der Waals surface area (Å²) in [6.07, 6.45) is 1.72. The molecule has 0 saturated heterocycles. The maximum absolute atomic E-state index is 5.72. The molecule has 2 rings (SSSR count). The van der Waals surface area contributed by atoms with E-state index >= 15 is 0 Å². The fourth-order valence-electron chi connectivity index (χ4n) is 1.36. The number of aryl methyl sites for hydroxylation is 1. The molecule has 2 N–H and O–H groups in total. The maximum Gasteiger partial charge on any atom is 0.256 e. The molecule has 0 spiro atoms. The summed E-state index contributed by atoms with van der Waals surface area (Å²) in [5, 5.41) is 4.11. The van der Waals surface area contributed by atoms with Crippen LogP contribution < -0.4 is 10.5 Å². The van der Waals surface area contributed by atoms with Crippen LogP contribution in [0.1, 0.15) is 5.56 Å². The summed E-state index contributed by atoms with van der Waals surface area (Å²) in [4.78, 5) is 0. The smallest absolute Gasteiger partial charge is 0.256 e. The van der Waals surface area contributed by atoms with Gasteiger partial charge in [0.15, 0.2) is 0 Å². The van der Waals surface area contributed by atoms with Crippen molar-refractivity contribution in [2.75, 3.05) is 5.73 Å². The molecule has 0 bridgehead atoms. The second-order valence-electron chi connectivity index (χ2n) is 3.44. The van der Waals surface area contributed by atoms with Gasteiger partial charge in [0, 0.05) is 17.1 Å². The van der Waals surface area contributed by atoms with Gasteiger partial charge in [-0.1, -0.05) is 34.1 Å². The highest BCUT2D eigenvalue weighted by Crippen LogP contribution is 2.21. The van der Waals surface area contributed by atoms with E-state index in [1.165, 1.54) is 0 Å². The Morgan fingerprint density at radius 1 is 1.44 bits per heavy atom. The molecule has 0 aliphatic carbocycles. The second-order valence-corrected chi connectivity index (χ2v) is 4.30. The molecule has 4 nitrogen and oxygen atoms in total. The molecule has 1 heterocycles. The molecular formula is C11H12BrN3O. The Hall–Kier alpha value is -1.49. The molecule has 84 valence electrons. The average molecular weight is 282 g/mol. The molecule has 0 amide bonds. The summed E-state index contributed by atoms with van der Waals surface area (Å²) in [6.45, 7) is 0.447. The molecule has 2 aromatic rings. The number of aromatic nitrogens is 2. The minimum Gasteiger partial charge on any atom is -0.470 e. The van der Waals surface area contributed by atoms with E-state index in [-0.39, 0.29) is 0 Å². The van der Waals surface area contributed by atoms with Crippen LogP contribution in [-0.4, -0.2) is 9.78 Å². The first-order chi connectivity index (χ1) is 7.66. The molecule has 5 heteroatoms. The summed E-state index contributed by atoms with van der Waals surface area (Å²) in [6, 6.07) is 7.89. The van der Waals surface area contributed by atoms with E-state index in [1.807, 2.05) is 31.3 Å². The first-order valence-electron chi connectivity index (χ1n) is 4.82. The van der Waals surface area contributed by atoms with Crippen LogP contribution in [0.15, 0.2) is 34.9 Å². The van der Waals surface area contributed by atoms with Crippen LogP contribution in [0.4, 0.5) is 5.69 Å².